The van der Waals surface area contributed by atoms with Gasteiger partial charge in [0.15, 0.2) is 0 Å². The molecule has 0 radical (unpaired) electrons. The Balaban J connectivity index is 2.03. The van der Waals surface area contributed by atoms with Crippen molar-refractivity contribution in [1.29, 1.82) is 0 Å². The molecule has 1 unspecified atom stereocenters. The molecule has 1 N–H and O–H groups in total. The molecule has 0 bridgehead atoms. The van der Waals surface area contributed by atoms with Crippen LogP contribution in [0.25, 0.3) is 0 Å². The lowest BCUT2D eigenvalue weighted by atomic mass is 9.94. The Hall–Kier alpha value is -0.0800. The van der Waals surface area contributed by atoms with Gasteiger partial charge in [-0.2, -0.15) is 0 Å². The lowest BCUT2D eigenvalue weighted by Crippen LogP contribution is -2.38. The molecule has 1 aliphatic carbocycles. The van der Waals surface area contributed by atoms with Gasteiger partial charge in [0.1, 0.15) is 0 Å². The number of rotatable bonds is 7. The van der Waals surface area contributed by atoms with Gasteiger partial charge >= 0.3 is 0 Å². The van der Waals surface area contributed by atoms with Gasteiger partial charge in [0.2, 0.25) is 0 Å². The topological polar surface area (TPSA) is 15.3 Å². The van der Waals surface area contributed by atoms with Crippen LogP contribution in [0.15, 0.2) is 0 Å². The van der Waals surface area contributed by atoms with Crippen LogP contribution in [0, 0.1) is 5.92 Å². The van der Waals surface area contributed by atoms with Gasteiger partial charge in [-0.25, -0.2) is 0 Å². The van der Waals surface area contributed by atoms with Crippen molar-refractivity contribution in [1.82, 2.24) is 10.2 Å². The van der Waals surface area contributed by atoms with Crippen molar-refractivity contribution in [2.75, 3.05) is 26.7 Å². The third kappa shape index (κ3) is 5.31. The van der Waals surface area contributed by atoms with Crippen LogP contribution >= 0.6 is 0 Å². The molecule has 1 aliphatic rings. The third-order valence-corrected chi connectivity index (χ3v) is 4.03. The molecule has 1 saturated carbocycles. The minimum atomic E-state index is 0.819. The van der Waals surface area contributed by atoms with Gasteiger partial charge in [-0.05, 0) is 32.4 Å². The van der Waals surface area contributed by atoms with E-state index in [1.54, 1.807) is 0 Å². The fourth-order valence-corrected chi connectivity index (χ4v) is 2.45. The average molecular weight is 226 g/mol. The molecule has 0 aromatic rings. The van der Waals surface area contributed by atoms with E-state index in [-0.39, 0.29) is 0 Å². The first-order valence-electron chi connectivity index (χ1n) is 7.15. The van der Waals surface area contributed by atoms with Crippen molar-refractivity contribution < 1.29 is 0 Å². The molecule has 2 heteroatoms. The minimum Gasteiger partial charge on any atom is -0.315 e. The summed E-state index contributed by atoms with van der Waals surface area (Å²) < 4.78 is 0. The summed E-state index contributed by atoms with van der Waals surface area (Å²) in [6, 6.07) is 0.860. The van der Waals surface area contributed by atoms with E-state index < -0.39 is 0 Å². The summed E-state index contributed by atoms with van der Waals surface area (Å²) >= 11 is 0. The Morgan fingerprint density at radius 2 is 1.94 bits per heavy atom. The summed E-state index contributed by atoms with van der Waals surface area (Å²) in [7, 11) is 2.29. The molecular weight excluding hydrogens is 196 g/mol. The Bertz CT molecular complexity index is 164. The molecule has 16 heavy (non-hydrogen) atoms. The quantitative estimate of drug-likeness (QED) is 0.672. The van der Waals surface area contributed by atoms with E-state index in [0.29, 0.717) is 0 Å². The third-order valence-electron chi connectivity index (χ3n) is 4.03. The van der Waals surface area contributed by atoms with Gasteiger partial charge < -0.3 is 10.2 Å². The molecule has 96 valence electrons. The Morgan fingerprint density at radius 3 is 2.56 bits per heavy atom. The van der Waals surface area contributed by atoms with E-state index in [2.05, 4.69) is 31.1 Å². The van der Waals surface area contributed by atoms with Crippen LogP contribution in [-0.4, -0.2) is 37.6 Å². The largest absolute Gasteiger partial charge is 0.315 e. The van der Waals surface area contributed by atoms with Crippen LogP contribution in [-0.2, 0) is 0 Å². The molecular formula is C14H30N2. The van der Waals surface area contributed by atoms with Gasteiger partial charge in [-0.1, -0.05) is 39.5 Å². The summed E-state index contributed by atoms with van der Waals surface area (Å²) in [6.07, 6.45) is 8.45. The summed E-state index contributed by atoms with van der Waals surface area (Å²) in [5.41, 5.74) is 0. The first-order chi connectivity index (χ1) is 7.74. The maximum Gasteiger partial charge on any atom is 0.0107 e. The second kappa shape index (κ2) is 8.08. The van der Waals surface area contributed by atoms with E-state index in [0.717, 1.165) is 18.5 Å². The van der Waals surface area contributed by atoms with E-state index in [1.807, 2.05) is 0 Å². The highest BCUT2D eigenvalue weighted by molar-refractivity contribution is 4.73. The molecule has 2 nitrogen and oxygen atoms in total. The maximum absolute atomic E-state index is 3.56. The summed E-state index contributed by atoms with van der Waals surface area (Å²) in [6.45, 7) is 8.12. The summed E-state index contributed by atoms with van der Waals surface area (Å²) in [4.78, 5) is 2.56. The predicted molar refractivity (Wildman–Crippen MR) is 71.8 cm³/mol. The minimum absolute atomic E-state index is 0.819. The van der Waals surface area contributed by atoms with Gasteiger partial charge in [0.05, 0.1) is 0 Å². The second-order valence-electron chi connectivity index (χ2n) is 5.49. The fraction of sp³-hybridized carbons (Fsp3) is 1.00. The SMILES string of the molecule is CCC(C)CNCCN(C)C1CCCCC1. The number of hydrogen-bond acceptors (Lipinski definition) is 2. The Labute approximate surface area is 102 Å². The van der Waals surface area contributed by atoms with E-state index in [9.17, 15) is 0 Å². The molecule has 1 fully saturated rings. The standard InChI is InChI=1S/C14H30N2/c1-4-13(2)12-15-10-11-16(3)14-8-6-5-7-9-14/h13-15H,4-12H2,1-3H3. The van der Waals surface area contributed by atoms with Crippen LogP contribution < -0.4 is 5.32 Å². The van der Waals surface area contributed by atoms with E-state index in [1.165, 1.54) is 51.6 Å². The van der Waals surface area contributed by atoms with Crippen molar-refractivity contribution in [3.8, 4) is 0 Å². The fourth-order valence-electron chi connectivity index (χ4n) is 2.45. The molecule has 1 atom stereocenters. The van der Waals surface area contributed by atoms with Crippen molar-refractivity contribution in [2.24, 2.45) is 5.92 Å². The normalized spacial score (nSPS) is 20.2. The van der Waals surface area contributed by atoms with Crippen LogP contribution in [0.3, 0.4) is 0 Å². The van der Waals surface area contributed by atoms with Crippen molar-refractivity contribution >= 4 is 0 Å². The zero-order valence-electron chi connectivity index (χ0n) is 11.5. The van der Waals surface area contributed by atoms with Crippen LogP contribution in [0.5, 0.6) is 0 Å². The Kier molecular flexibility index (Phi) is 7.06. The van der Waals surface area contributed by atoms with Gasteiger partial charge in [-0.3, -0.25) is 0 Å². The number of nitrogens with zero attached hydrogens (tertiary/aromatic N) is 1. The lowest BCUT2D eigenvalue weighted by molar-refractivity contribution is 0.191. The van der Waals surface area contributed by atoms with Crippen molar-refractivity contribution in [2.45, 2.75) is 58.4 Å². The molecule has 1 rings (SSSR count). The molecule has 0 saturated heterocycles. The highest BCUT2D eigenvalue weighted by atomic mass is 15.1. The highest BCUT2D eigenvalue weighted by Gasteiger charge is 2.17. The average Bonchev–Trinajstić information content (AvgIpc) is 2.35. The molecule has 0 amide bonds. The second-order valence-corrected chi connectivity index (χ2v) is 5.49. The zero-order valence-corrected chi connectivity index (χ0v) is 11.5. The van der Waals surface area contributed by atoms with Crippen molar-refractivity contribution in [3.63, 3.8) is 0 Å². The predicted octanol–water partition coefficient (Wildman–Crippen LogP) is 2.89. The maximum atomic E-state index is 3.56. The first kappa shape index (κ1) is 14.0. The molecule has 0 aromatic heterocycles. The molecule has 0 heterocycles. The lowest BCUT2D eigenvalue weighted by Gasteiger charge is -2.31. The number of nitrogens with one attached hydrogen (secondary N) is 1. The van der Waals surface area contributed by atoms with Crippen LogP contribution in [0.1, 0.15) is 52.4 Å². The van der Waals surface area contributed by atoms with E-state index >= 15 is 0 Å². The zero-order chi connectivity index (χ0) is 11.8. The summed E-state index contributed by atoms with van der Waals surface area (Å²) in [5.74, 6) is 0.819. The van der Waals surface area contributed by atoms with Crippen LogP contribution in [0.2, 0.25) is 0 Å². The number of hydrogen-bond donors (Lipinski definition) is 1. The van der Waals surface area contributed by atoms with Gasteiger partial charge in [0.25, 0.3) is 0 Å². The van der Waals surface area contributed by atoms with E-state index in [4.69, 9.17) is 0 Å². The molecule has 0 spiro atoms. The van der Waals surface area contributed by atoms with Gasteiger partial charge in [-0.15, -0.1) is 0 Å². The van der Waals surface area contributed by atoms with Crippen molar-refractivity contribution in [3.05, 3.63) is 0 Å². The summed E-state index contributed by atoms with van der Waals surface area (Å²) in [5, 5.41) is 3.56. The Morgan fingerprint density at radius 1 is 1.25 bits per heavy atom. The molecule has 0 aliphatic heterocycles. The highest BCUT2D eigenvalue weighted by Crippen LogP contribution is 2.21. The first-order valence-corrected chi connectivity index (χ1v) is 7.15. The van der Waals surface area contributed by atoms with Gasteiger partial charge in [0, 0.05) is 19.1 Å². The molecule has 0 aromatic carbocycles. The number of likely N-dealkylation sites (N-methyl/N-ethyl adjacent to an activating group) is 1. The smallest absolute Gasteiger partial charge is 0.0107 e. The monoisotopic (exact) mass is 226 g/mol. The van der Waals surface area contributed by atoms with Crippen LogP contribution in [0.4, 0.5) is 0 Å².